The molecule has 1 aromatic heterocycles. The van der Waals surface area contributed by atoms with Crippen LogP contribution in [0.4, 0.5) is 0 Å². The fraction of sp³-hybridized carbons (Fsp3) is 0.167. The molecule has 2 aromatic carbocycles. The summed E-state index contributed by atoms with van der Waals surface area (Å²) in [6.45, 7) is 4.41. The number of rotatable bonds is 3. The molecule has 1 heterocycles. The third-order valence-electron chi connectivity index (χ3n) is 3.82. The van der Waals surface area contributed by atoms with Crippen LogP contribution < -0.4 is 5.32 Å². The van der Waals surface area contributed by atoms with Crippen LogP contribution in [0.15, 0.2) is 36.4 Å². The SMILES string of the molecule is Cc1cc2nc(CNC(=O)c3cccc(C#N)c3)[nH]c2cc1C. The highest BCUT2D eigenvalue weighted by molar-refractivity contribution is 5.94. The van der Waals surface area contributed by atoms with E-state index >= 15 is 0 Å². The number of aromatic nitrogens is 2. The van der Waals surface area contributed by atoms with Gasteiger partial charge in [0, 0.05) is 5.56 Å². The van der Waals surface area contributed by atoms with Gasteiger partial charge in [-0.1, -0.05) is 6.07 Å². The Morgan fingerprint density at radius 1 is 1.26 bits per heavy atom. The highest BCUT2D eigenvalue weighted by Crippen LogP contribution is 2.17. The average Bonchev–Trinajstić information content (AvgIpc) is 2.94. The summed E-state index contributed by atoms with van der Waals surface area (Å²) in [6, 6.07) is 12.7. The second-order valence-electron chi connectivity index (χ2n) is 5.51. The van der Waals surface area contributed by atoms with E-state index in [1.165, 1.54) is 11.1 Å². The van der Waals surface area contributed by atoms with Gasteiger partial charge in [0.2, 0.25) is 0 Å². The van der Waals surface area contributed by atoms with Crippen molar-refractivity contribution in [3.05, 3.63) is 64.5 Å². The number of benzene rings is 2. The third-order valence-corrected chi connectivity index (χ3v) is 3.82. The van der Waals surface area contributed by atoms with Gasteiger partial charge in [-0.2, -0.15) is 5.26 Å². The Balaban J connectivity index is 1.75. The normalized spacial score (nSPS) is 10.5. The maximum atomic E-state index is 12.1. The van der Waals surface area contributed by atoms with Crippen molar-refractivity contribution >= 4 is 16.9 Å². The predicted molar refractivity (Wildman–Crippen MR) is 87.9 cm³/mol. The minimum atomic E-state index is -0.227. The van der Waals surface area contributed by atoms with E-state index < -0.39 is 0 Å². The summed E-state index contributed by atoms with van der Waals surface area (Å²) in [7, 11) is 0. The molecule has 1 amide bonds. The van der Waals surface area contributed by atoms with Crippen molar-refractivity contribution in [2.75, 3.05) is 0 Å². The van der Waals surface area contributed by atoms with Gasteiger partial charge < -0.3 is 10.3 Å². The van der Waals surface area contributed by atoms with Gasteiger partial charge in [-0.3, -0.25) is 4.79 Å². The van der Waals surface area contributed by atoms with Crippen molar-refractivity contribution in [1.29, 1.82) is 5.26 Å². The second kappa shape index (κ2) is 5.93. The number of aryl methyl sites for hydroxylation is 2. The molecule has 5 heteroatoms. The zero-order chi connectivity index (χ0) is 16.4. The number of fused-ring (bicyclic) bond motifs is 1. The number of aromatic amines is 1. The predicted octanol–water partition coefficient (Wildman–Crippen LogP) is 2.98. The van der Waals surface area contributed by atoms with Crippen molar-refractivity contribution in [2.45, 2.75) is 20.4 Å². The molecule has 3 rings (SSSR count). The Bertz CT molecular complexity index is 895. The lowest BCUT2D eigenvalue weighted by Crippen LogP contribution is -2.23. The molecule has 0 spiro atoms. The number of hydrogen-bond acceptors (Lipinski definition) is 3. The molecule has 114 valence electrons. The first-order valence-electron chi connectivity index (χ1n) is 7.31. The Hall–Kier alpha value is -3.13. The number of amides is 1. The zero-order valence-corrected chi connectivity index (χ0v) is 13.0. The monoisotopic (exact) mass is 304 g/mol. The van der Waals surface area contributed by atoms with Gasteiger partial charge in [-0.15, -0.1) is 0 Å². The quantitative estimate of drug-likeness (QED) is 0.780. The lowest BCUT2D eigenvalue weighted by molar-refractivity contribution is 0.0950. The van der Waals surface area contributed by atoms with Crippen LogP contribution in [0.3, 0.4) is 0 Å². The number of H-pyrrole nitrogens is 1. The average molecular weight is 304 g/mol. The molecular formula is C18H16N4O. The summed E-state index contributed by atoms with van der Waals surface area (Å²) >= 11 is 0. The molecule has 0 saturated heterocycles. The van der Waals surface area contributed by atoms with Crippen LogP contribution in [0.1, 0.15) is 32.9 Å². The Labute approximate surface area is 134 Å². The van der Waals surface area contributed by atoms with Gasteiger partial charge in [0.1, 0.15) is 5.82 Å². The van der Waals surface area contributed by atoms with Gasteiger partial charge >= 0.3 is 0 Å². The van der Waals surface area contributed by atoms with E-state index in [0.29, 0.717) is 23.5 Å². The number of nitrogens with zero attached hydrogens (tertiary/aromatic N) is 2. The Morgan fingerprint density at radius 3 is 2.83 bits per heavy atom. The van der Waals surface area contributed by atoms with Crippen molar-refractivity contribution in [2.24, 2.45) is 0 Å². The molecule has 0 radical (unpaired) electrons. The van der Waals surface area contributed by atoms with Crippen LogP contribution in [-0.4, -0.2) is 15.9 Å². The largest absolute Gasteiger partial charge is 0.345 e. The number of hydrogen-bond donors (Lipinski definition) is 2. The summed E-state index contributed by atoms with van der Waals surface area (Å²) in [6.07, 6.45) is 0. The lowest BCUT2D eigenvalue weighted by Gasteiger charge is -2.03. The fourth-order valence-electron chi connectivity index (χ4n) is 2.40. The van der Waals surface area contributed by atoms with Crippen molar-refractivity contribution < 1.29 is 4.79 Å². The van der Waals surface area contributed by atoms with E-state index in [9.17, 15) is 4.79 Å². The van der Waals surface area contributed by atoms with Crippen LogP contribution in [-0.2, 0) is 6.54 Å². The molecule has 0 unspecified atom stereocenters. The molecule has 0 bridgehead atoms. The van der Waals surface area contributed by atoms with Crippen LogP contribution in [0, 0.1) is 25.2 Å². The number of nitrogens with one attached hydrogen (secondary N) is 2. The fourth-order valence-corrected chi connectivity index (χ4v) is 2.40. The highest BCUT2D eigenvalue weighted by Gasteiger charge is 2.09. The number of nitriles is 1. The van der Waals surface area contributed by atoms with Gasteiger partial charge in [-0.25, -0.2) is 4.98 Å². The molecule has 23 heavy (non-hydrogen) atoms. The molecule has 0 aliphatic heterocycles. The van der Waals surface area contributed by atoms with Crippen molar-refractivity contribution in [1.82, 2.24) is 15.3 Å². The summed E-state index contributed by atoms with van der Waals surface area (Å²) in [5, 5.41) is 11.7. The Kier molecular flexibility index (Phi) is 3.82. The van der Waals surface area contributed by atoms with Gasteiger partial charge in [0.15, 0.2) is 0 Å². The molecule has 0 aliphatic rings. The van der Waals surface area contributed by atoms with Crippen LogP contribution >= 0.6 is 0 Å². The molecule has 2 N–H and O–H groups in total. The van der Waals surface area contributed by atoms with E-state index in [4.69, 9.17) is 5.26 Å². The zero-order valence-electron chi connectivity index (χ0n) is 13.0. The minimum absolute atomic E-state index is 0.227. The van der Waals surface area contributed by atoms with Gasteiger partial charge in [0.25, 0.3) is 5.91 Å². The summed E-state index contributed by atoms with van der Waals surface area (Å²) in [4.78, 5) is 19.9. The summed E-state index contributed by atoms with van der Waals surface area (Å²) in [5.74, 6) is 0.477. The van der Waals surface area contributed by atoms with Crippen molar-refractivity contribution in [3.63, 3.8) is 0 Å². The highest BCUT2D eigenvalue weighted by atomic mass is 16.1. The van der Waals surface area contributed by atoms with Crippen LogP contribution in [0.25, 0.3) is 11.0 Å². The molecule has 0 atom stereocenters. The van der Waals surface area contributed by atoms with Crippen LogP contribution in [0.5, 0.6) is 0 Å². The number of carbonyl (C=O) groups excluding carboxylic acids is 1. The summed E-state index contributed by atoms with van der Waals surface area (Å²) < 4.78 is 0. The van der Waals surface area contributed by atoms with E-state index in [-0.39, 0.29) is 5.91 Å². The van der Waals surface area contributed by atoms with E-state index in [0.717, 1.165) is 11.0 Å². The first kappa shape index (κ1) is 14.8. The lowest BCUT2D eigenvalue weighted by atomic mass is 10.1. The first-order chi connectivity index (χ1) is 11.1. The van der Waals surface area contributed by atoms with Crippen LogP contribution in [0.2, 0.25) is 0 Å². The smallest absolute Gasteiger partial charge is 0.251 e. The number of carbonyl (C=O) groups is 1. The topological polar surface area (TPSA) is 81.6 Å². The summed E-state index contributed by atoms with van der Waals surface area (Å²) in [5.41, 5.74) is 5.17. The van der Waals surface area contributed by atoms with E-state index in [2.05, 4.69) is 28.3 Å². The standard InChI is InChI=1S/C18H16N4O/c1-11-6-15-16(7-12(11)2)22-17(21-15)10-20-18(23)14-5-3-4-13(8-14)9-19/h3-8H,10H2,1-2H3,(H,20,23)(H,21,22). The maximum absolute atomic E-state index is 12.1. The number of imidazole rings is 1. The van der Waals surface area contributed by atoms with E-state index in [1.807, 2.05) is 19.1 Å². The van der Waals surface area contributed by atoms with Gasteiger partial charge in [0.05, 0.1) is 29.2 Å². The maximum Gasteiger partial charge on any atom is 0.251 e. The molecular weight excluding hydrogens is 288 g/mol. The molecule has 0 aliphatic carbocycles. The first-order valence-corrected chi connectivity index (χ1v) is 7.31. The molecule has 0 fully saturated rings. The molecule has 0 saturated carbocycles. The Morgan fingerprint density at radius 2 is 2.04 bits per heavy atom. The third kappa shape index (κ3) is 3.06. The minimum Gasteiger partial charge on any atom is -0.345 e. The van der Waals surface area contributed by atoms with E-state index in [1.54, 1.807) is 24.3 Å². The second-order valence-corrected chi connectivity index (χ2v) is 5.51. The molecule has 5 nitrogen and oxygen atoms in total. The van der Waals surface area contributed by atoms with Gasteiger partial charge in [-0.05, 0) is 55.3 Å². The molecule has 3 aromatic rings. The van der Waals surface area contributed by atoms with Crippen molar-refractivity contribution in [3.8, 4) is 6.07 Å².